The van der Waals surface area contributed by atoms with Crippen LogP contribution in [-0.2, 0) is 4.74 Å². The molecule has 2 atom stereocenters. The molecule has 3 rings (SSSR count). The van der Waals surface area contributed by atoms with Gasteiger partial charge in [-0.2, -0.15) is 0 Å². The zero-order chi connectivity index (χ0) is 17.8. The van der Waals surface area contributed by atoms with Gasteiger partial charge >= 0.3 is 6.03 Å². The van der Waals surface area contributed by atoms with E-state index in [2.05, 4.69) is 10.6 Å². The molecule has 1 fully saturated rings. The monoisotopic (exact) mass is 343 g/mol. The van der Waals surface area contributed by atoms with Crippen LogP contribution >= 0.6 is 0 Å². The lowest BCUT2D eigenvalue weighted by Crippen LogP contribution is -2.49. The number of urea groups is 1. The van der Waals surface area contributed by atoms with Gasteiger partial charge in [-0.05, 0) is 38.1 Å². The van der Waals surface area contributed by atoms with Gasteiger partial charge in [-0.1, -0.05) is 6.07 Å². The zero-order valence-electron chi connectivity index (χ0n) is 14.2. The largest absolute Gasteiger partial charge is 0.472 e. The van der Waals surface area contributed by atoms with Gasteiger partial charge < -0.3 is 24.7 Å². The Balaban J connectivity index is 1.63. The third kappa shape index (κ3) is 4.39. The first kappa shape index (κ1) is 17.0. The van der Waals surface area contributed by atoms with Crippen molar-refractivity contribution in [1.82, 2.24) is 4.90 Å². The number of anilines is 2. The molecule has 2 heterocycles. The maximum absolute atomic E-state index is 12.4. The molecule has 3 amide bonds. The molecule has 1 aromatic carbocycles. The Hall–Kier alpha value is -2.80. The van der Waals surface area contributed by atoms with E-state index in [1.165, 1.54) is 12.5 Å². The summed E-state index contributed by atoms with van der Waals surface area (Å²) in [5.74, 6) is -0.270. The first-order valence-corrected chi connectivity index (χ1v) is 8.16. The van der Waals surface area contributed by atoms with Crippen LogP contribution < -0.4 is 10.6 Å². The van der Waals surface area contributed by atoms with Crippen molar-refractivity contribution < 1.29 is 18.7 Å². The Kier molecular flexibility index (Phi) is 5.04. The van der Waals surface area contributed by atoms with Crippen molar-refractivity contribution in [3.05, 3.63) is 48.4 Å². The first-order valence-electron chi connectivity index (χ1n) is 8.16. The van der Waals surface area contributed by atoms with E-state index in [1.54, 1.807) is 35.2 Å². The molecule has 7 heteroatoms. The fourth-order valence-electron chi connectivity index (χ4n) is 2.82. The summed E-state index contributed by atoms with van der Waals surface area (Å²) in [6, 6.07) is 8.42. The fourth-order valence-corrected chi connectivity index (χ4v) is 2.82. The number of carbonyl (C=O) groups excluding carboxylic acids is 2. The van der Waals surface area contributed by atoms with Crippen molar-refractivity contribution in [1.29, 1.82) is 0 Å². The molecule has 2 unspecified atom stereocenters. The van der Waals surface area contributed by atoms with Crippen LogP contribution in [-0.4, -0.2) is 42.1 Å². The summed E-state index contributed by atoms with van der Waals surface area (Å²) in [6.07, 6.45) is 2.84. The second kappa shape index (κ2) is 7.40. The molecule has 1 aromatic heterocycles. The molecule has 0 radical (unpaired) electrons. The summed E-state index contributed by atoms with van der Waals surface area (Å²) in [6.45, 7) is 4.99. The quantitative estimate of drug-likeness (QED) is 0.896. The van der Waals surface area contributed by atoms with Gasteiger partial charge in [0.1, 0.15) is 6.26 Å². The molecule has 1 aliphatic rings. The number of hydrogen-bond donors (Lipinski definition) is 2. The molecule has 132 valence electrons. The van der Waals surface area contributed by atoms with Gasteiger partial charge in [-0.15, -0.1) is 0 Å². The van der Waals surface area contributed by atoms with E-state index >= 15 is 0 Å². The Bertz CT molecular complexity index is 735. The standard InChI is InChI=1S/C18H21N3O4/c1-12-9-21(10-13(2)25-12)18(23)20-16-5-3-4-15(8-16)19-17(22)14-6-7-24-11-14/h3-8,11-13H,9-10H2,1-2H3,(H,19,22)(H,20,23). The molecule has 1 aliphatic heterocycles. The van der Waals surface area contributed by atoms with Crippen LogP contribution in [0, 0.1) is 0 Å². The van der Waals surface area contributed by atoms with Crippen LogP contribution in [0.2, 0.25) is 0 Å². The number of carbonyl (C=O) groups is 2. The molecular formula is C18H21N3O4. The van der Waals surface area contributed by atoms with E-state index < -0.39 is 0 Å². The number of benzene rings is 1. The van der Waals surface area contributed by atoms with Gasteiger partial charge in [0.15, 0.2) is 0 Å². The zero-order valence-corrected chi connectivity index (χ0v) is 14.2. The minimum absolute atomic E-state index is 0.00934. The molecule has 0 spiro atoms. The molecule has 2 N–H and O–H groups in total. The minimum Gasteiger partial charge on any atom is -0.472 e. The van der Waals surface area contributed by atoms with E-state index in [0.717, 1.165) is 0 Å². The van der Waals surface area contributed by atoms with Gasteiger partial charge in [0.2, 0.25) is 0 Å². The highest BCUT2D eigenvalue weighted by Crippen LogP contribution is 2.18. The van der Waals surface area contributed by atoms with Gasteiger partial charge in [0, 0.05) is 24.5 Å². The molecular weight excluding hydrogens is 322 g/mol. The third-order valence-electron chi connectivity index (χ3n) is 3.86. The predicted octanol–water partition coefficient (Wildman–Crippen LogP) is 3.17. The lowest BCUT2D eigenvalue weighted by atomic mass is 10.2. The number of ether oxygens (including phenoxy) is 1. The van der Waals surface area contributed by atoms with Crippen LogP contribution in [0.3, 0.4) is 0 Å². The van der Waals surface area contributed by atoms with Crippen molar-refractivity contribution in [2.75, 3.05) is 23.7 Å². The van der Waals surface area contributed by atoms with Crippen LogP contribution in [0.1, 0.15) is 24.2 Å². The number of hydrogen-bond acceptors (Lipinski definition) is 4. The SMILES string of the molecule is CC1CN(C(=O)Nc2cccc(NC(=O)c3ccoc3)c2)CC(C)O1. The summed E-state index contributed by atoms with van der Waals surface area (Å²) in [5.41, 5.74) is 1.64. The van der Waals surface area contributed by atoms with Crippen molar-refractivity contribution >= 4 is 23.3 Å². The normalized spacial score (nSPS) is 20.2. The van der Waals surface area contributed by atoms with Crippen molar-refractivity contribution in [3.63, 3.8) is 0 Å². The van der Waals surface area contributed by atoms with Crippen molar-refractivity contribution in [3.8, 4) is 0 Å². The van der Waals surface area contributed by atoms with Gasteiger partial charge in [-0.25, -0.2) is 4.79 Å². The second-order valence-electron chi connectivity index (χ2n) is 6.14. The molecule has 0 saturated carbocycles. The molecule has 0 aliphatic carbocycles. The molecule has 7 nitrogen and oxygen atoms in total. The Labute approximate surface area is 145 Å². The van der Waals surface area contributed by atoms with Crippen LogP contribution in [0.15, 0.2) is 47.3 Å². The molecule has 1 saturated heterocycles. The Morgan fingerprint density at radius 2 is 1.76 bits per heavy atom. The summed E-state index contributed by atoms with van der Waals surface area (Å²) >= 11 is 0. The number of furan rings is 1. The maximum atomic E-state index is 12.4. The average molecular weight is 343 g/mol. The van der Waals surface area contributed by atoms with E-state index in [1.807, 2.05) is 13.8 Å². The third-order valence-corrected chi connectivity index (χ3v) is 3.86. The highest BCUT2D eigenvalue weighted by atomic mass is 16.5. The average Bonchev–Trinajstić information content (AvgIpc) is 3.09. The second-order valence-corrected chi connectivity index (χ2v) is 6.14. The van der Waals surface area contributed by atoms with Crippen LogP contribution in [0.4, 0.5) is 16.2 Å². The first-order chi connectivity index (χ1) is 12.0. The van der Waals surface area contributed by atoms with Gasteiger partial charge in [0.25, 0.3) is 5.91 Å². The number of amides is 3. The fraction of sp³-hybridized carbons (Fsp3) is 0.333. The van der Waals surface area contributed by atoms with Gasteiger partial charge in [0.05, 0.1) is 24.0 Å². The lowest BCUT2D eigenvalue weighted by Gasteiger charge is -2.35. The number of nitrogens with zero attached hydrogens (tertiary/aromatic N) is 1. The maximum Gasteiger partial charge on any atom is 0.322 e. The summed E-state index contributed by atoms with van der Waals surface area (Å²) in [4.78, 5) is 26.2. The lowest BCUT2D eigenvalue weighted by molar-refractivity contribution is -0.0530. The summed E-state index contributed by atoms with van der Waals surface area (Å²) in [7, 11) is 0. The van der Waals surface area contributed by atoms with Gasteiger partial charge in [-0.3, -0.25) is 4.79 Å². The van der Waals surface area contributed by atoms with E-state index in [4.69, 9.17) is 9.15 Å². The minimum atomic E-state index is -0.270. The Morgan fingerprint density at radius 1 is 1.08 bits per heavy atom. The topological polar surface area (TPSA) is 83.8 Å². The summed E-state index contributed by atoms with van der Waals surface area (Å²) in [5, 5.41) is 5.63. The van der Waals surface area contributed by atoms with Crippen LogP contribution in [0.25, 0.3) is 0 Å². The number of rotatable bonds is 3. The number of nitrogens with one attached hydrogen (secondary N) is 2. The van der Waals surface area contributed by atoms with E-state index in [-0.39, 0.29) is 24.1 Å². The Morgan fingerprint density at radius 3 is 2.40 bits per heavy atom. The van der Waals surface area contributed by atoms with Crippen LogP contribution in [0.5, 0.6) is 0 Å². The van der Waals surface area contributed by atoms with Crippen molar-refractivity contribution in [2.24, 2.45) is 0 Å². The highest BCUT2D eigenvalue weighted by molar-refractivity contribution is 6.04. The molecule has 2 aromatic rings. The molecule has 0 bridgehead atoms. The predicted molar refractivity (Wildman–Crippen MR) is 93.7 cm³/mol. The smallest absolute Gasteiger partial charge is 0.322 e. The summed E-state index contributed by atoms with van der Waals surface area (Å²) < 4.78 is 10.5. The van der Waals surface area contributed by atoms with Crippen molar-refractivity contribution in [2.45, 2.75) is 26.1 Å². The highest BCUT2D eigenvalue weighted by Gasteiger charge is 2.25. The number of morpholine rings is 1. The van der Waals surface area contributed by atoms with E-state index in [0.29, 0.717) is 30.0 Å². The van der Waals surface area contributed by atoms with E-state index in [9.17, 15) is 9.59 Å². The molecule has 25 heavy (non-hydrogen) atoms.